The normalized spacial score (nSPS) is 20.4. The smallest absolute Gasteiger partial charge is 0.222 e. The lowest BCUT2D eigenvalue weighted by molar-refractivity contribution is -0.132. The first-order chi connectivity index (χ1) is 15.5. The van der Waals surface area contributed by atoms with Gasteiger partial charge in [0.05, 0.1) is 14.2 Å². The van der Waals surface area contributed by atoms with E-state index >= 15 is 0 Å². The molecular weight excluding hydrogens is 531 g/mol. The van der Waals surface area contributed by atoms with Gasteiger partial charge < -0.3 is 25.0 Å². The van der Waals surface area contributed by atoms with Gasteiger partial charge in [-0.1, -0.05) is 6.92 Å². The van der Waals surface area contributed by atoms with Crippen molar-refractivity contribution in [2.75, 3.05) is 33.9 Å². The van der Waals surface area contributed by atoms with Crippen LogP contribution in [0.25, 0.3) is 0 Å². The van der Waals surface area contributed by atoms with Crippen molar-refractivity contribution in [3.8, 4) is 11.5 Å². The fraction of sp³-hybridized carbons (Fsp3) is 0.680. The quantitative estimate of drug-likeness (QED) is 0.212. The molecular formula is C25H41IN4O3. The Hall–Kier alpha value is -1.71. The SMILES string of the molecule is CCNC(=NCCCC(=O)N1CCc2cc(OC)c(OC)cc2C1)NC1CCC(C)CC1.I. The number of carbonyl (C=O) groups excluding carboxylic acids is 1. The highest BCUT2D eigenvalue weighted by molar-refractivity contribution is 14.0. The number of benzene rings is 1. The van der Waals surface area contributed by atoms with E-state index in [1.165, 1.54) is 31.2 Å². The van der Waals surface area contributed by atoms with E-state index in [0.29, 0.717) is 31.3 Å². The van der Waals surface area contributed by atoms with Crippen LogP contribution in [0.4, 0.5) is 0 Å². The maximum atomic E-state index is 12.8. The molecule has 0 atom stereocenters. The molecule has 3 rings (SSSR count). The maximum Gasteiger partial charge on any atom is 0.222 e. The van der Waals surface area contributed by atoms with Crippen LogP contribution in [0.5, 0.6) is 11.5 Å². The number of amides is 1. The summed E-state index contributed by atoms with van der Waals surface area (Å²) in [5.74, 6) is 3.37. The molecule has 1 aromatic carbocycles. The zero-order valence-electron chi connectivity index (χ0n) is 20.6. The summed E-state index contributed by atoms with van der Waals surface area (Å²) in [6, 6.07) is 4.54. The summed E-state index contributed by atoms with van der Waals surface area (Å²) in [4.78, 5) is 19.5. The third-order valence-corrected chi connectivity index (χ3v) is 6.59. The molecule has 8 heteroatoms. The lowest BCUT2D eigenvalue weighted by Gasteiger charge is -2.30. The highest BCUT2D eigenvalue weighted by Crippen LogP contribution is 2.33. The fourth-order valence-corrected chi connectivity index (χ4v) is 4.59. The molecule has 0 spiro atoms. The van der Waals surface area contributed by atoms with Crippen LogP contribution in [-0.2, 0) is 17.8 Å². The van der Waals surface area contributed by atoms with E-state index < -0.39 is 0 Å². The van der Waals surface area contributed by atoms with E-state index in [1.807, 2.05) is 17.0 Å². The van der Waals surface area contributed by atoms with Crippen molar-refractivity contribution in [3.05, 3.63) is 23.3 Å². The number of guanidine groups is 1. The summed E-state index contributed by atoms with van der Waals surface area (Å²) in [6.07, 6.45) is 7.09. The Morgan fingerprint density at radius 1 is 1.12 bits per heavy atom. The number of ether oxygens (including phenoxy) is 2. The molecule has 0 aromatic heterocycles. The van der Waals surface area contributed by atoms with Crippen LogP contribution in [0.2, 0.25) is 0 Å². The summed E-state index contributed by atoms with van der Waals surface area (Å²) < 4.78 is 10.8. The zero-order chi connectivity index (χ0) is 22.9. The fourth-order valence-electron chi connectivity index (χ4n) is 4.59. The molecule has 1 aromatic rings. The lowest BCUT2D eigenvalue weighted by atomic mass is 9.87. The van der Waals surface area contributed by atoms with Crippen molar-refractivity contribution in [1.29, 1.82) is 0 Å². The first kappa shape index (κ1) is 27.5. The number of nitrogens with one attached hydrogen (secondary N) is 2. The Bertz CT molecular complexity index is 794. The molecule has 2 aliphatic rings. The van der Waals surface area contributed by atoms with E-state index in [2.05, 4.69) is 24.5 Å². The van der Waals surface area contributed by atoms with Crippen molar-refractivity contribution in [2.45, 2.75) is 71.4 Å². The maximum absolute atomic E-state index is 12.8. The molecule has 1 saturated carbocycles. The molecule has 0 saturated heterocycles. The minimum atomic E-state index is 0. The number of methoxy groups -OCH3 is 2. The minimum absolute atomic E-state index is 0. The second kappa shape index (κ2) is 13.9. The van der Waals surface area contributed by atoms with Gasteiger partial charge in [-0.25, -0.2) is 0 Å². The number of hydrogen-bond donors (Lipinski definition) is 2. The van der Waals surface area contributed by atoms with Gasteiger partial charge in [-0.3, -0.25) is 9.79 Å². The molecule has 0 radical (unpaired) electrons. The monoisotopic (exact) mass is 572 g/mol. The number of aliphatic imine (C=N–C) groups is 1. The first-order valence-electron chi connectivity index (χ1n) is 12.1. The third kappa shape index (κ3) is 7.93. The van der Waals surface area contributed by atoms with Crippen LogP contribution in [-0.4, -0.2) is 56.7 Å². The second-order valence-electron chi connectivity index (χ2n) is 9.01. The predicted octanol–water partition coefficient (Wildman–Crippen LogP) is 4.12. The Kier molecular flexibility index (Phi) is 11.6. The molecule has 1 heterocycles. The van der Waals surface area contributed by atoms with E-state index in [1.54, 1.807) is 14.2 Å². The predicted molar refractivity (Wildman–Crippen MR) is 144 cm³/mol. The van der Waals surface area contributed by atoms with Crippen LogP contribution < -0.4 is 20.1 Å². The number of nitrogens with zero attached hydrogens (tertiary/aromatic N) is 2. The van der Waals surface area contributed by atoms with Gasteiger partial charge >= 0.3 is 0 Å². The van der Waals surface area contributed by atoms with Gasteiger partial charge in [-0.15, -0.1) is 24.0 Å². The Balaban J connectivity index is 0.00000385. The molecule has 7 nitrogen and oxygen atoms in total. The Morgan fingerprint density at radius 2 is 1.79 bits per heavy atom. The topological polar surface area (TPSA) is 75.2 Å². The van der Waals surface area contributed by atoms with Gasteiger partial charge in [0.25, 0.3) is 0 Å². The van der Waals surface area contributed by atoms with Crippen molar-refractivity contribution >= 4 is 35.8 Å². The van der Waals surface area contributed by atoms with Crippen molar-refractivity contribution < 1.29 is 14.3 Å². The summed E-state index contributed by atoms with van der Waals surface area (Å²) >= 11 is 0. The molecule has 1 amide bonds. The van der Waals surface area contributed by atoms with Gasteiger partial charge in [-0.2, -0.15) is 0 Å². The second-order valence-corrected chi connectivity index (χ2v) is 9.01. The largest absolute Gasteiger partial charge is 0.493 e. The van der Waals surface area contributed by atoms with Crippen molar-refractivity contribution in [3.63, 3.8) is 0 Å². The number of carbonyl (C=O) groups is 1. The molecule has 1 aliphatic carbocycles. The Morgan fingerprint density at radius 3 is 2.42 bits per heavy atom. The van der Waals surface area contributed by atoms with Crippen LogP contribution >= 0.6 is 24.0 Å². The number of fused-ring (bicyclic) bond motifs is 1. The average molecular weight is 573 g/mol. The summed E-state index contributed by atoms with van der Waals surface area (Å²) in [7, 11) is 3.29. The average Bonchev–Trinajstić information content (AvgIpc) is 2.81. The minimum Gasteiger partial charge on any atom is -0.493 e. The van der Waals surface area contributed by atoms with Gasteiger partial charge in [0, 0.05) is 38.6 Å². The standard InChI is InChI=1S/C25H40N4O3.HI/c1-5-26-25(28-21-10-8-18(2)9-11-21)27-13-6-7-24(30)29-14-12-19-15-22(31-3)23(32-4)16-20(19)17-29;/h15-16,18,21H,5-14,17H2,1-4H3,(H2,26,27,28);1H. The van der Waals surface area contributed by atoms with Gasteiger partial charge in [-0.05, 0) is 74.6 Å². The summed E-state index contributed by atoms with van der Waals surface area (Å²) in [5, 5.41) is 6.93. The van der Waals surface area contributed by atoms with Gasteiger partial charge in [0.1, 0.15) is 0 Å². The molecule has 1 aliphatic heterocycles. The summed E-state index contributed by atoms with van der Waals surface area (Å²) in [6.45, 7) is 7.29. The van der Waals surface area contributed by atoms with Crippen LogP contribution in [0.15, 0.2) is 17.1 Å². The lowest BCUT2D eigenvalue weighted by Crippen LogP contribution is -2.44. The van der Waals surface area contributed by atoms with E-state index in [4.69, 9.17) is 14.5 Å². The van der Waals surface area contributed by atoms with E-state index in [9.17, 15) is 4.79 Å². The van der Waals surface area contributed by atoms with Crippen LogP contribution in [0.3, 0.4) is 0 Å². The molecule has 1 fully saturated rings. The number of halogens is 1. The van der Waals surface area contributed by atoms with E-state index in [0.717, 1.165) is 49.1 Å². The van der Waals surface area contributed by atoms with E-state index in [-0.39, 0.29) is 29.9 Å². The van der Waals surface area contributed by atoms with Crippen LogP contribution in [0.1, 0.15) is 63.5 Å². The number of rotatable bonds is 8. The van der Waals surface area contributed by atoms with Gasteiger partial charge in [0.15, 0.2) is 17.5 Å². The van der Waals surface area contributed by atoms with Crippen molar-refractivity contribution in [1.82, 2.24) is 15.5 Å². The Labute approximate surface area is 216 Å². The molecule has 2 N–H and O–H groups in total. The molecule has 0 unspecified atom stereocenters. The molecule has 186 valence electrons. The third-order valence-electron chi connectivity index (χ3n) is 6.59. The highest BCUT2D eigenvalue weighted by atomic mass is 127. The highest BCUT2D eigenvalue weighted by Gasteiger charge is 2.23. The van der Waals surface area contributed by atoms with Crippen LogP contribution in [0, 0.1) is 5.92 Å². The summed E-state index contributed by atoms with van der Waals surface area (Å²) in [5.41, 5.74) is 2.37. The molecule has 0 bridgehead atoms. The number of hydrogen-bond acceptors (Lipinski definition) is 4. The first-order valence-corrected chi connectivity index (χ1v) is 12.1. The van der Waals surface area contributed by atoms with Gasteiger partial charge in [0.2, 0.25) is 5.91 Å². The van der Waals surface area contributed by atoms with Crippen molar-refractivity contribution in [2.24, 2.45) is 10.9 Å². The molecule has 33 heavy (non-hydrogen) atoms. The zero-order valence-corrected chi connectivity index (χ0v) is 22.9.